The second kappa shape index (κ2) is 7.53. The van der Waals surface area contributed by atoms with Gasteiger partial charge in [-0.2, -0.15) is 0 Å². The first kappa shape index (κ1) is 18.1. The van der Waals surface area contributed by atoms with E-state index >= 15 is 0 Å². The fourth-order valence-electron chi connectivity index (χ4n) is 2.49. The van der Waals surface area contributed by atoms with Gasteiger partial charge in [0.2, 0.25) is 10.0 Å². The molecule has 1 aliphatic heterocycles. The number of halogens is 1. The smallest absolute Gasteiger partial charge is 0.252 e. The zero-order valence-corrected chi connectivity index (χ0v) is 15.1. The zero-order chi connectivity index (χ0) is 17.0. The normalized spacial score (nSPS) is 17.3. The molecule has 1 aromatic carbocycles. The third kappa shape index (κ3) is 4.61. The van der Waals surface area contributed by atoms with E-state index in [2.05, 4.69) is 19.2 Å². The topological polar surface area (TPSA) is 66.5 Å². The largest absolute Gasteiger partial charge is 0.352 e. The van der Waals surface area contributed by atoms with Crippen LogP contribution in [0.15, 0.2) is 18.2 Å². The molecule has 1 aliphatic rings. The van der Waals surface area contributed by atoms with Gasteiger partial charge in [-0.05, 0) is 43.4 Å². The number of sulfonamides is 1. The lowest BCUT2D eigenvalue weighted by atomic mass is 10.1. The van der Waals surface area contributed by atoms with Crippen LogP contribution in [0.5, 0.6) is 0 Å². The molecule has 2 rings (SSSR count). The third-order valence-electron chi connectivity index (χ3n) is 3.84. The van der Waals surface area contributed by atoms with Crippen molar-refractivity contribution in [3.05, 3.63) is 28.8 Å². The van der Waals surface area contributed by atoms with E-state index in [-0.39, 0.29) is 16.7 Å². The van der Waals surface area contributed by atoms with Gasteiger partial charge in [-0.3, -0.25) is 9.10 Å². The summed E-state index contributed by atoms with van der Waals surface area (Å²) in [6.07, 6.45) is 2.41. The van der Waals surface area contributed by atoms with E-state index in [9.17, 15) is 13.2 Å². The van der Waals surface area contributed by atoms with Crippen LogP contribution in [0.1, 0.15) is 43.5 Å². The number of hydrogen-bond donors (Lipinski definition) is 1. The van der Waals surface area contributed by atoms with Gasteiger partial charge >= 0.3 is 0 Å². The van der Waals surface area contributed by atoms with Crippen LogP contribution in [-0.4, -0.2) is 33.2 Å². The highest BCUT2D eigenvalue weighted by Crippen LogP contribution is 2.28. The van der Waals surface area contributed by atoms with Crippen LogP contribution < -0.4 is 9.62 Å². The van der Waals surface area contributed by atoms with Crippen molar-refractivity contribution in [2.45, 2.75) is 33.1 Å². The number of anilines is 1. The predicted octanol–water partition coefficient (Wildman–Crippen LogP) is 3.05. The van der Waals surface area contributed by atoms with Crippen molar-refractivity contribution in [1.29, 1.82) is 0 Å². The third-order valence-corrected chi connectivity index (χ3v) is 6.02. The van der Waals surface area contributed by atoms with Crippen LogP contribution in [-0.2, 0) is 10.0 Å². The summed E-state index contributed by atoms with van der Waals surface area (Å²) in [7, 11) is -3.28. The molecule has 23 heavy (non-hydrogen) atoms. The second-order valence-corrected chi connectivity index (χ2v) is 8.62. The number of nitrogens with zero attached hydrogens (tertiary/aromatic N) is 1. The molecule has 0 aromatic heterocycles. The Kier molecular flexibility index (Phi) is 5.92. The molecule has 1 N–H and O–H groups in total. The Labute approximate surface area is 143 Å². The zero-order valence-electron chi connectivity index (χ0n) is 13.5. The molecule has 1 saturated heterocycles. The highest BCUT2D eigenvalue weighted by Gasteiger charge is 2.26. The summed E-state index contributed by atoms with van der Waals surface area (Å²) < 4.78 is 25.6. The van der Waals surface area contributed by atoms with Crippen molar-refractivity contribution in [3.63, 3.8) is 0 Å². The van der Waals surface area contributed by atoms with E-state index in [0.717, 1.165) is 12.8 Å². The Balaban J connectivity index is 2.13. The summed E-state index contributed by atoms with van der Waals surface area (Å²) in [4.78, 5) is 12.1. The lowest BCUT2D eigenvalue weighted by Gasteiger charge is -2.28. The summed E-state index contributed by atoms with van der Waals surface area (Å²) >= 11 is 6.20. The minimum Gasteiger partial charge on any atom is -0.352 e. The van der Waals surface area contributed by atoms with Crippen LogP contribution in [0.2, 0.25) is 5.02 Å². The molecule has 1 amide bonds. The van der Waals surface area contributed by atoms with Gasteiger partial charge in [-0.1, -0.05) is 25.4 Å². The molecule has 0 radical (unpaired) electrons. The molecule has 0 aliphatic carbocycles. The van der Waals surface area contributed by atoms with Gasteiger partial charge in [-0.15, -0.1) is 0 Å². The van der Waals surface area contributed by atoms with Gasteiger partial charge in [0.05, 0.1) is 22.0 Å². The Hall–Kier alpha value is -1.27. The van der Waals surface area contributed by atoms with E-state index in [4.69, 9.17) is 11.6 Å². The average molecular weight is 359 g/mol. The van der Waals surface area contributed by atoms with Gasteiger partial charge < -0.3 is 5.32 Å². The first-order valence-electron chi connectivity index (χ1n) is 7.89. The van der Waals surface area contributed by atoms with E-state index in [1.54, 1.807) is 18.2 Å². The molecule has 1 aromatic rings. The van der Waals surface area contributed by atoms with Gasteiger partial charge in [0, 0.05) is 13.1 Å². The Morgan fingerprint density at radius 3 is 2.70 bits per heavy atom. The van der Waals surface area contributed by atoms with Crippen LogP contribution in [0.25, 0.3) is 0 Å². The van der Waals surface area contributed by atoms with E-state index in [1.165, 1.54) is 4.31 Å². The van der Waals surface area contributed by atoms with Gasteiger partial charge in [0.1, 0.15) is 0 Å². The molecule has 0 bridgehead atoms. The molecule has 0 saturated carbocycles. The van der Waals surface area contributed by atoms with Crippen molar-refractivity contribution in [3.8, 4) is 0 Å². The number of nitrogens with one attached hydrogen (secondary N) is 1. The Morgan fingerprint density at radius 1 is 1.35 bits per heavy atom. The maximum Gasteiger partial charge on any atom is 0.252 e. The Morgan fingerprint density at radius 2 is 2.09 bits per heavy atom. The number of carbonyl (C=O) groups excluding carboxylic acids is 1. The SMILES string of the molecule is CC(C)CCNC(=O)c1ccc(N2CCCCS2(=O)=O)cc1Cl. The maximum absolute atomic E-state index is 12.1. The van der Waals surface area contributed by atoms with Gasteiger partial charge in [0.25, 0.3) is 5.91 Å². The minimum atomic E-state index is -3.28. The molecule has 128 valence electrons. The lowest BCUT2D eigenvalue weighted by molar-refractivity contribution is 0.0952. The van der Waals surface area contributed by atoms with Crippen LogP contribution in [0.3, 0.4) is 0 Å². The fraction of sp³-hybridized carbons (Fsp3) is 0.562. The summed E-state index contributed by atoms with van der Waals surface area (Å²) in [6.45, 7) is 5.23. The summed E-state index contributed by atoms with van der Waals surface area (Å²) in [6, 6.07) is 4.79. The van der Waals surface area contributed by atoms with Crippen LogP contribution in [0, 0.1) is 5.92 Å². The van der Waals surface area contributed by atoms with Crippen molar-refractivity contribution in [1.82, 2.24) is 5.32 Å². The van der Waals surface area contributed by atoms with Crippen molar-refractivity contribution in [2.75, 3.05) is 23.1 Å². The monoisotopic (exact) mass is 358 g/mol. The number of hydrogen-bond acceptors (Lipinski definition) is 3. The average Bonchev–Trinajstić information content (AvgIpc) is 2.46. The molecule has 5 nitrogen and oxygen atoms in total. The van der Waals surface area contributed by atoms with Crippen molar-refractivity contribution in [2.24, 2.45) is 5.92 Å². The van der Waals surface area contributed by atoms with Crippen molar-refractivity contribution < 1.29 is 13.2 Å². The number of rotatable bonds is 5. The fourth-order valence-corrected chi connectivity index (χ4v) is 4.38. The number of carbonyl (C=O) groups is 1. The second-order valence-electron chi connectivity index (χ2n) is 6.20. The molecule has 7 heteroatoms. The van der Waals surface area contributed by atoms with Crippen LogP contribution >= 0.6 is 11.6 Å². The summed E-state index contributed by atoms with van der Waals surface area (Å²) in [5, 5.41) is 3.10. The highest BCUT2D eigenvalue weighted by atomic mass is 35.5. The molecule has 0 unspecified atom stereocenters. The quantitative estimate of drug-likeness (QED) is 0.879. The Bertz CT molecular complexity index is 674. The van der Waals surface area contributed by atoms with Gasteiger partial charge in [-0.25, -0.2) is 8.42 Å². The number of benzene rings is 1. The van der Waals surface area contributed by atoms with Crippen molar-refractivity contribution >= 4 is 33.2 Å². The van der Waals surface area contributed by atoms with E-state index < -0.39 is 10.0 Å². The molecule has 0 spiro atoms. The first-order chi connectivity index (χ1) is 10.8. The molecular weight excluding hydrogens is 336 g/mol. The molecule has 1 heterocycles. The van der Waals surface area contributed by atoms with Crippen LogP contribution in [0.4, 0.5) is 5.69 Å². The minimum absolute atomic E-state index is 0.155. The lowest BCUT2D eigenvalue weighted by Crippen LogP contribution is -2.37. The van der Waals surface area contributed by atoms with E-state index in [1.807, 2.05) is 0 Å². The first-order valence-corrected chi connectivity index (χ1v) is 9.88. The summed E-state index contributed by atoms with van der Waals surface area (Å²) in [5.41, 5.74) is 0.891. The maximum atomic E-state index is 12.1. The number of amides is 1. The molecule has 1 fully saturated rings. The molecular formula is C16H23ClN2O3S. The highest BCUT2D eigenvalue weighted by molar-refractivity contribution is 7.92. The molecule has 0 atom stereocenters. The standard InChI is InChI=1S/C16H23ClN2O3S/c1-12(2)7-8-18-16(20)14-6-5-13(11-15(14)17)19-9-3-4-10-23(19,21)22/h5-6,11-12H,3-4,7-10H2,1-2H3,(H,18,20). The van der Waals surface area contributed by atoms with Gasteiger partial charge in [0.15, 0.2) is 0 Å². The van der Waals surface area contributed by atoms with E-state index in [0.29, 0.717) is 36.7 Å². The predicted molar refractivity (Wildman–Crippen MR) is 93.6 cm³/mol. The summed E-state index contributed by atoms with van der Waals surface area (Å²) in [5.74, 6) is 0.434.